The van der Waals surface area contributed by atoms with Crippen molar-refractivity contribution >= 4 is 17.5 Å². The van der Waals surface area contributed by atoms with Crippen LogP contribution >= 0.6 is 0 Å². The second kappa shape index (κ2) is 13.2. The highest BCUT2D eigenvalue weighted by molar-refractivity contribution is 6.00. The van der Waals surface area contributed by atoms with Crippen molar-refractivity contribution in [2.24, 2.45) is 0 Å². The van der Waals surface area contributed by atoms with E-state index in [1.165, 1.54) is 18.2 Å². The summed E-state index contributed by atoms with van der Waals surface area (Å²) in [4.78, 5) is 39.0. The molecule has 0 unspecified atom stereocenters. The molecule has 2 aromatic carbocycles. The number of hydrogen-bond donors (Lipinski definition) is 0. The van der Waals surface area contributed by atoms with Crippen LogP contribution in [0.15, 0.2) is 60.8 Å². The molecule has 0 saturated carbocycles. The summed E-state index contributed by atoms with van der Waals surface area (Å²) in [7, 11) is 3.11. The number of fused-ring (bicyclic) bond motifs is 1. The number of hydrogen-bond acceptors (Lipinski definition) is 6. The Labute approximate surface area is 268 Å². The first-order valence-corrected chi connectivity index (χ1v) is 15.3. The molecule has 2 amide bonds. The number of carbonyl (C=O) groups is 2. The van der Waals surface area contributed by atoms with Crippen LogP contribution in [0.5, 0.6) is 11.5 Å². The van der Waals surface area contributed by atoms with Gasteiger partial charge in [-0.25, -0.2) is 13.8 Å². The van der Waals surface area contributed by atoms with Gasteiger partial charge in [-0.1, -0.05) is 19.9 Å². The minimum atomic E-state index is -0.743. The Morgan fingerprint density at radius 3 is 2.26 bits per heavy atom. The summed E-state index contributed by atoms with van der Waals surface area (Å²) >= 11 is 0. The summed E-state index contributed by atoms with van der Waals surface area (Å²) in [6.45, 7) is 8.43. The zero-order valence-electron chi connectivity index (χ0n) is 27.0. The molecule has 4 heterocycles. The van der Waals surface area contributed by atoms with Gasteiger partial charge < -0.3 is 19.3 Å². The van der Waals surface area contributed by atoms with Crippen molar-refractivity contribution in [1.29, 1.82) is 0 Å². The van der Waals surface area contributed by atoms with E-state index in [9.17, 15) is 18.4 Å². The van der Waals surface area contributed by atoms with Gasteiger partial charge in [-0.2, -0.15) is 0 Å². The van der Waals surface area contributed by atoms with Crippen molar-refractivity contribution in [1.82, 2.24) is 14.9 Å². The standard InChI is InChI=1S/C34H32F2N4O4.C2H6/c1-34(2)13-12-30(41)40(34)23-10-9-22(37-17-23)14-21-15-27(32-25(35)6-5-7-26(32)36)38-28-19-39(33(42)31(21)28)18-20-8-11-24(43-3)16-29(20)44-4;1-2/h5-11,15-17H,12-14,18-19H2,1-4H3;1-2H3. The van der Waals surface area contributed by atoms with E-state index in [4.69, 9.17) is 9.47 Å². The molecule has 0 N–H and O–H groups in total. The van der Waals surface area contributed by atoms with Crippen LogP contribution in [-0.2, 0) is 24.3 Å². The Morgan fingerprint density at radius 1 is 0.913 bits per heavy atom. The molecule has 0 atom stereocenters. The Morgan fingerprint density at radius 2 is 1.65 bits per heavy atom. The number of ether oxygens (including phenoxy) is 2. The van der Waals surface area contributed by atoms with Crippen molar-refractivity contribution in [3.05, 3.63) is 101 Å². The van der Waals surface area contributed by atoms with Crippen LogP contribution in [0, 0.1) is 11.6 Å². The predicted octanol–water partition coefficient (Wildman–Crippen LogP) is 7.12. The highest BCUT2D eigenvalue weighted by Crippen LogP contribution is 2.36. The predicted molar refractivity (Wildman–Crippen MR) is 172 cm³/mol. The normalized spacial score (nSPS) is 15.0. The number of aromatic nitrogens is 2. The molecule has 8 nitrogen and oxygen atoms in total. The maximum absolute atomic E-state index is 14.9. The van der Waals surface area contributed by atoms with Crippen LogP contribution in [0.3, 0.4) is 0 Å². The van der Waals surface area contributed by atoms with Crippen LogP contribution in [0.25, 0.3) is 11.3 Å². The van der Waals surface area contributed by atoms with Gasteiger partial charge in [0.1, 0.15) is 23.1 Å². The van der Waals surface area contributed by atoms with Gasteiger partial charge in [0, 0.05) is 35.7 Å². The van der Waals surface area contributed by atoms with Crippen molar-refractivity contribution in [3.63, 3.8) is 0 Å². The molecule has 0 spiro atoms. The van der Waals surface area contributed by atoms with Gasteiger partial charge in [-0.3, -0.25) is 14.6 Å². The molecule has 1 fully saturated rings. The van der Waals surface area contributed by atoms with Crippen molar-refractivity contribution in [2.75, 3.05) is 19.1 Å². The summed E-state index contributed by atoms with van der Waals surface area (Å²) in [5.74, 6) is -0.493. The average Bonchev–Trinajstić information content (AvgIpc) is 3.51. The monoisotopic (exact) mass is 628 g/mol. The third kappa shape index (κ3) is 6.16. The third-order valence-electron chi connectivity index (χ3n) is 8.34. The quantitative estimate of drug-likeness (QED) is 0.207. The molecule has 2 aliphatic heterocycles. The van der Waals surface area contributed by atoms with E-state index >= 15 is 0 Å². The van der Waals surface area contributed by atoms with E-state index in [-0.39, 0.29) is 48.1 Å². The Kier molecular flexibility index (Phi) is 9.37. The molecule has 6 rings (SSSR count). The lowest BCUT2D eigenvalue weighted by Gasteiger charge is -2.31. The first-order valence-electron chi connectivity index (χ1n) is 15.3. The van der Waals surface area contributed by atoms with Crippen LogP contribution in [-0.4, -0.2) is 46.4 Å². The molecule has 10 heteroatoms. The van der Waals surface area contributed by atoms with E-state index in [0.29, 0.717) is 46.1 Å². The number of halogens is 2. The number of benzene rings is 2. The van der Waals surface area contributed by atoms with E-state index < -0.39 is 11.6 Å². The van der Waals surface area contributed by atoms with Crippen molar-refractivity contribution in [3.8, 4) is 22.8 Å². The number of pyridine rings is 2. The molecule has 1 saturated heterocycles. The van der Waals surface area contributed by atoms with Gasteiger partial charge in [0.25, 0.3) is 5.91 Å². The molecule has 0 bridgehead atoms. The van der Waals surface area contributed by atoms with Crippen molar-refractivity contribution in [2.45, 2.75) is 65.6 Å². The third-order valence-corrected chi connectivity index (χ3v) is 8.34. The zero-order valence-corrected chi connectivity index (χ0v) is 27.0. The lowest BCUT2D eigenvalue weighted by molar-refractivity contribution is -0.117. The van der Waals surface area contributed by atoms with Gasteiger partial charge in [0.05, 0.1) is 61.7 Å². The Hall–Kier alpha value is -4.86. The van der Waals surface area contributed by atoms with Crippen LogP contribution in [0.4, 0.5) is 14.5 Å². The van der Waals surface area contributed by atoms with Crippen LogP contribution in [0.2, 0.25) is 0 Å². The van der Waals surface area contributed by atoms with E-state index in [1.807, 2.05) is 45.9 Å². The van der Waals surface area contributed by atoms with E-state index in [2.05, 4.69) is 9.97 Å². The van der Waals surface area contributed by atoms with E-state index in [1.54, 1.807) is 48.4 Å². The molecule has 4 aromatic rings. The van der Waals surface area contributed by atoms with Gasteiger partial charge in [-0.15, -0.1) is 0 Å². The first-order chi connectivity index (χ1) is 22.1. The molecule has 2 aromatic heterocycles. The Bertz CT molecular complexity index is 1750. The highest BCUT2D eigenvalue weighted by atomic mass is 19.1. The second-order valence-electron chi connectivity index (χ2n) is 11.7. The summed E-state index contributed by atoms with van der Waals surface area (Å²) in [6.07, 6.45) is 3.11. The summed E-state index contributed by atoms with van der Waals surface area (Å²) in [6, 6.07) is 14.3. The molecule has 0 radical (unpaired) electrons. The van der Waals surface area contributed by atoms with E-state index in [0.717, 1.165) is 12.0 Å². The van der Waals surface area contributed by atoms with Crippen LogP contribution < -0.4 is 14.4 Å². The highest BCUT2D eigenvalue weighted by Gasteiger charge is 2.39. The molecule has 46 heavy (non-hydrogen) atoms. The summed E-state index contributed by atoms with van der Waals surface area (Å²) in [5, 5.41) is 0. The fourth-order valence-electron chi connectivity index (χ4n) is 6.08. The number of methoxy groups -OCH3 is 2. The van der Waals surface area contributed by atoms with Gasteiger partial charge >= 0.3 is 0 Å². The summed E-state index contributed by atoms with van der Waals surface area (Å²) < 4.78 is 40.6. The maximum atomic E-state index is 14.9. The van der Waals surface area contributed by atoms with Crippen molar-refractivity contribution < 1.29 is 27.8 Å². The molecular weight excluding hydrogens is 590 g/mol. The van der Waals surface area contributed by atoms with Crippen LogP contribution in [0.1, 0.15) is 73.4 Å². The smallest absolute Gasteiger partial charge is 0.256 e. The largest absolute Gasteiger partial charge is 0.497 e. The first kappa shape index (κ1) is 32.5. The number of carbonyl (C=O) groups excluding carboxylic acids is 2. The lowest BCUT2D eigenvalue weighted by Crippen LogP contribution is -2.40. The number of rotatable bonds is 8. The zero-order chi connectivity index (χ0) is 33.2. The van der Waals surface area contributed by atoms with Gasteiger partial charge in [0.2, 0.25) is 5.91 Å². The average molecular weight is 629 g/mol. The molecular formula is C36H38F2N4O4. The number of nitrogens with zero attached hydrogens (tertiary/aromatic N) is 4. The number of amides is 2. The van der Waals surface area contributed by atoms with Gasteiger partial charge in [-0.05, 0) is 68.3 Å². The fraction of sp³-hybridized carbons (Fsp3) is 0.333. The summed E-state index contributed by atoms with van der Waals surface area (Å²) in [5.41, 5.74) is 3.02. The second-order valence-corrected chi connectivity index (χ2v) is 11.7. The molecule has 2 aliphatic rings. The van der Waals surface area contributed by atoms with Gasteiger partial charge in [0.15, 0.2) is 0 Å². The maximum Gasteiger partial charge on any atom is 0.256 e. The molecule has 240 valence electrons. The topological polar surface area (TPSA) is 84.9 Å². The lowest BCUT2D eigenvalue weighted by atomic mass is 9.98. The SMILES string of the molecule is CC.COc1ccc(CN2Cc3nc(-c4c(F)cccc4F)cc(Cc4ccc(N5C(=O)CCC5(C)C)cn4)c3C2=O)c(OC)c1. The minimum Gasteiger partial charge on any atom is -0.497 e. The minimum absolute atomic E-state index is 0.0484. The Balaban J connectivity index is 0.00000204. The molecule has 0 aliphatic carbocycles. The number of anilines is 1. The fourth-order valence-corrected chi connectivity index (χ4v) is 6.08.